The second-order valence-corrected chi connectivity index (χ2v) is 6.35. The van der Waals surface area contributed by atoms with E-state index < -0.39 is 16.8 Å². The van der Waals surface area contributed by atoms with Crippen molar-refractivity contribution < 1.29 is 14.8 Å². The van der Waals surface area contributed by atoms with Gasteiger partial charge in [0.05, 0.1) is 45.4 Å². The summed E-state index contributed by atoms with van der Waals surface area (Å²) < 4.78 is 0. The number of carbonyl (C=O) groups is 1. The highest BCUT2D eigenvalue weighted by Crippen LogP contribution is 2.40. The summed E-state index contributed by atoms with van der Waals surface area (Å²) in [6.07, 6.45) is 0. The van der Waals surface area contributed by atoms with Crippen LogP contribution < -0.4 is 5.32 Å². The van der Waals surface area contributed by atoms with E-state index >= 15 is 0 Å². The normalized spacial score (nSPS) is 15.9. The third kappa shape index (κ3) is 3.55. The molecule has 1 aliphatic heterocycles. The Balaban J connectivity index is 2.25. The first kappa shape index (κ1) is 19.3. The van der Waals surface area contributed by atoms with Gasteiger partial charge in [-0.1, -0.05) is 24.3 Å². The van der Waals surface area contributed by atoms with E-state index in [0.29, 0.717) is 22.5 Å². The van der Waals surface area contributed by atoms with Gasteiger partial charge < -0.3 is 10.4 Å². The zero-order chi connectivity index (χ0) is 21.1. The molecule has 0 saturated heterocycles. The van der Waals surface area contributed by atoms with Crippen LogP contribution in [0.3, 0.4) is 0 Å². The van der Waals surface area contributed by atoms with Gasteiger partial charge in [0.25, 0.3) is 5.69 Å². The number of hydrogen-bond acceptors (Lipinski definition) is 6. The number of nitro groups is 1. The quantitative estimate of drug-likeness (QED) is 0.603. The van der Waals surface area contributed by atoms with Gasteiger partial charge in [-0.2, -0.15) is 10.5 Å². The van der Waals surface area contributed by atoms with Crippen molar-refractivity contribution in [2.24, 2.45) is 0 Å². The first-order valence-corrected chi connectivity index (χ1v) is 8.47. The van der Waals surface area contributed by atoms with E-state index in [1.165, 1.54) is 30.3 Å². The van der Waals surface area contributed by atoms with Crippen molar-refractivity contribution in [1.29, 1.82) is 10.5 Å². The highest BCUT2D eigenvalue weighted by atomic mass is 16.6. The van der Waals surface area contributed by atoms with Crippen molar-refractivity contribution in [2.45, 2.75) is 12.8 Å². The van der Waals surface area contributed by atoms with Crippen molar-refractivity contribution >= 4 is 17.4 Å². The summed E-state index contributed by atoms with van der Waals surface area (Å²) in [4.78, 5) is 22.0. The van der Waals surface area contributed by atoms with Gasteiger partial charge in [-0.05, 0) is 24.6 Å². The summed E-state index contributed by atoms with van der Waals surface area (Å²) in [5.41, 5.74) is 2.08. The number of rotatable bonds is 4. The number of dihydropyridines is 1. The fourth-order valence-electron chi connectivity index (χ4n) is 3.28. The second kappa shape index (κ2) is 7.67. The molecule has 0 aliphatic carbocycles. The maximum atomic E-state index is 11.4. The second-order valence-electron chi connectivity index (χ2n) is 6.35. The molecule has 0 aromatic heterocycles. The molecule has 142 valence electrons. The average Bonchev–Trinajstić information content (AvgIpc) is 2.73. The van der Waals surface area contributed by atoms with Gasteiger partial charge in [0, 0.05) is 23.4 Å². The van der Waals surface area contributed by atoms with E-state index in [4.69, 9.17) is 0 Å². The van der Waals surface area contributed by atoms with Crippen molar-refractivity contribution in [3.05, 3.63) is 92.2 Å². The molecule has 1 atom stereocenters. The first-order chi connectivity index (χ1) is 13.9. The smallest absolute Gasteiger partial charge is 0.335 e. The predicted octanol–water partition coefficient (Wildman–Crippen LogP) is 3.71. The third-order valence-corrected chi connectivity index (χ3v) is 4.62. The molecule has 2 aromatic carbocycles. The molecule has 2 aromatic rings. The zero-order valence-electron chi connectivity index (χ0n) is 15.2. The molecule has 1 heterocycles. The summed E-state index contributed by atoms with van der Waals surface area (Å²) in [7, 11) is 0. The van der Waals surface area contributed by atoms with Crippen LogP contribution in [0.15, 0.2) is 65.4 Å². The minimum Gasteiger partial charge on any atom is -0.478 e. The van der Waals surface area contributed by atoms with Crippen LogP contribution in [0.1, 0.15) is 34.3 Å². The lowest BCUT2D eigenvalue weighted by Gasteiger charge is -2.28. The standard InChI is InChI=1S/C21H14N4O4/c1-12-17(10-22)19(13-4-2-6-15(8-13)21(26)27)18(11-23)20(24-12)14-5-3-7-16(9-14)25(28)29/h2-9,19,24H,1H3,(H,26,27). The lowest BCUT2D eigenvalue weighted by Crippen LogP contribution is -2.24. The Morgan fingerprint density at radius 2 is 1.83 bits per heavy atom. The monoisotopic (exact) mass is 386 g/mol. The molecule has 0 spiro atoms. The number of non-ortho nitro benzene ring substituents is 1. The van der Waals surface area contributed by atoms with Crippen LogP contribution in [0.2, 0.25) is 0 Å². The molecule has 0 radical (unpaired) electrons. The third-order valence-electron chi connectivity index (χ3n) is 4.62. The molecule has 29 heavy (non-hydrogen) atoms. The van der Waals surface area contributed by atoms with Gasteiger partial charge in [-0.15, -0.1) is 0 Å². The molecular weight excluding hydrogens is 372 g/mol. The van der Waals surface area contributed by atoms with Crippen molar-refractivity contribution in [2.75, 3.05) is 0 Å². The molecule has 3 rings (SSSR count). The number of nitriles is 2. The fraction of sp³-hybridized carbons (Fsp3) is 0.0952. The summed E-state index contributed by atoms with van der Waals surface area (Å²) in [6, 6.07) is 16.1. The fourth-order valence-corrected chi connectivity index (χ4v) is 3.28. The molecule has 0 fully saturated rings. The van der Waals surface area contributed by atoms with Gasteiger partial charge in [0.15, 0.2) is 0 Å². The van der Waals surface area contributed by atoms with Crippen LogP contribution in [0.4, 0.5) is 5.69 Å². The van der Waals surface area contributed by atoms with Crippen LogP contribution in [-0.4, -0.2) is 16.0 Å². The van der Waals surface area contributed by atoms with E-state index in [2.05, 4.69) is 17.5 Å². The molecule has 2 N–H and O–H groups in total. The van der Waals surface area contributed by atoms with Gasteiger partial charge in [0.1, 0.15) is 0 Å². The Kier molecular flexibility index (Phi) is 5.11. The Hall–Kier alpha value is -4.43. The molecule has 1 aliphatic rings. The zero-order valence-corrected chi connectivity index (χ0v) is 15.2. The van der Waals surface area contributed by atoms with Crippen LogP contribution in [-0.2, 0) is 0 Å². The minimum atomic E-state index is -1.12. The van der Waals surface area contributed by atoms with Crippen LogP contribution >= 0.6 is 0 Å². The highest BCUT2D eigenvalue weighted by molar-refractivity contribution is 5.88. The van der Waals surface area contributed by atoms with Gasteiger partial charge in [0.2, 0.25) is 0 Å². The van der Waals surface area contributed by atoms with E-state index in [-0.39, 0.29) is 22.4 Å². The number of benzene rings is 2. The average molecular weight is 386 g/mol. The van der Waals surface area contributed by atoms with Crippen LogP contribution in [0, 0.1) is 32.8 Å². The number of hydrogen-bond donors (Lipinski definition) is 2. The Morgan fingerprint density at radius 3 is 2.45 bits per heavy atom. The molecule has 0 amide bonds. The topological polar surface area (TPSA) is 140 Å². The molecule has 0 saturated carbocycles. The van der Waals surface area contributed by atoms with E-state index in [1.54, 1.807) is 25.1 Å². The number of allylic oxidation sites excluding steroid dienone is 3. The van der Waals surface area contributed by atoms with Crippen molar-refractivity contribution in [1.82, 2.24) is 5.32 Å². The predicted molar refractivity (Wildman–Crippen MR) is 103 cm³/mol. The van der Waals surface area contributed by atoms with Crippen LogP contribution in [0.25, 0.3) is 5.70 Å². The summed E-state index contributed by atoms with van der Waals surface area (Å²) in [6.45, 7) is 1.66. The number of carboxylic acids is 1. The maximum absolute atomic E-state index is 11.4. The highest BCUT2D eigenvalue weighted by Gasteiger charge is 2.32. The largest absolute Gasteiger partial charge is 0.478 e. The number of carboxylic acid groups (broad SMARTS) is 1. The lowest BCUT2D eigenvalue weighted by atomic mass is 9.80. The van der Waals surface area contributed by atoms with Crippen molar-refractivity contribution in [3.8, 4) is 12.1 Å². The SMILES string of the molecule is CC1=C(C#N)C(c2cccc(C(=O)O)c2)C(C#N)=C(c2cccc([N+](=O)[O-])c2)N1. The Labute approximate surface area is 165 Å². The summed E-state index contributed by atoms with van der Waals surface area (Å²) >= 11 is 0. The van der Waals surface area contributed by atoms with E-state index in [1.807, 2.05) is 0 Å². The minimum absolute atomic E-state index is 0.0326. The van der Waals surface area contributed by atoms with E-state index in [0.717, 1.165) is 0 Å². The first-order valence-electron chi connectivity index (χ1n) is 8.47. The Morgan fingerprint density at radius 1 is 1.14 bits per heavy atom. The summed E-state index contributed by atoms with van der Waals surface area (Å²) in [5.74, 6) is -1.92. The number of nitro benzene ring substituents is 1. The molecule has 8 nitrogen and oxygen atoms in total. The molecule has 8 heteroatoms. The summed E-state index contributed by atoms with van der Waals surface area (Å²) in [5, 5.41) is 43.0. The van der Waals surface area contributed by atoms with E-state index in [9.17, 15) is 30.5 Å². The van der Waals surface area contributed by atoms with Gasteiger partial charge >= 0.3 is 5.97 Å². The Bertz CT molecular complexity index is 1180. The van der Waals surface area contributed by atoms with Gasteiger partial charge in [-0.3, -0.25) is 10.1 Å². The number of aromatic carboxylic acids is 1. The molecule has 0 bridgehead atoms. The lowest BCUT2D eigenvalue weighted by molar-refractivity contribution is -0.384. The number of nitrogens with one attached hydrogen (secondary N) is 1. The molecule has 1 unspecified atom stereocenters. The maximum Gasteiger partial charge on any atom is 0.335 e. The van der Waals surface area contributed by atoms with Crippen LogP contribution in [0.5, 0.6) is 0 Å². The number of nitrogens with zero attached hydrogens (tertiary/aromatic N) is 3. The van der Waals surface area contributed by atoms with Gasteiger partial charge in [-0.25, -0.2) is 4.79 Å². The van der Waals surface area contributed by atoms with Crippen molar-refractivity contribution in [3.63, 3.8) is 0 Å². The molecular formula is C21H14N4O4.